The molecule has 24 heavy (non-hydrogen) atoms. The van der Waals surface area contributed by atoms with E-state index in [1.807, 2.05) is 12.1 Å². The zero-order valence-corrected chi connectivity index (χ0v) is 14.1. The monoisotopic (exact) mass is 327 g/mol. The summed E-state index contributed by atoms with van der Waals surface area (Å²) >= 11 is 0. The van der Waals surface area contributed by atoms with Crippen molar-refractivity contribution in [2.45, 2.75) is 44.7 Å². The lowest BCUT2D eigenvalue weighted by Crippen LogP contribution is -2.39. The molecule has 0 unspecified atom stereocenters. The quantitative estimate of drug-likeness (QED) is 0.797. The molecule has 0 aromatic heterocycles. The van der Waals surface area contributed by atoms with Gasteiger partial charge in [0.05, 0.1) is 0 Å². The number of hydrogen-bond donors (Lipinski definition) is 0. The van der Waals surface area contributed by atoms with Crippen LogP contribution in [0.5, 0.6) is 0 Å². The third kappa shape index (κ3) is 2.81. The first-order valence-corrected chi connectivity index (χ1v) is 9.15. The third-order valence-corrected chi connectivity index (χ3v) is 5.58. The highest BCUT2D eigenvalue weighted by Gasteiger charge is 2.46. The maximum Gasteiger partial charge on any atom is 0.327 e. The summed E-state index contributed by atoms with van der Waals surface area (Å²) in [5.41, 5.74) is 2.38. The Kier molecular flexibility index (Phi) is 4.27. The molecule has 0 aliphatic carbocycles. The van der Waals surface area contributed by atoms with E-state index in [9.17, 15) is 9.59 Å². The molecule has 0 N–H and O–H groups in total. The van der Waals surface area contributed by atoms with E-state index in [0.717, 1.165) is 26.1 Å². The van der Waals surface area contributed by atoms with Crippen LogP contribution in [-0.2, 0) is 17.8 Å². The van der Waals surface area contributed by atoms with Crippen molar-refractivity contribution in [2.75, 3.05) is 26.2 Å². The van der Waals surface area contributed by atoms with Crippen LogP contribution >= 0.6 is 0 Å². The summed E-state index contributed by atoms with van der Waals surface area (Å²) in [5, 5.41) is 0. The molecule has 3 heterocycles. The Labute approximate surface area is 143 Å². The third-order valence-electron chi connectivity index (χ3n) is 5.58. The van der Waals surface area contributed by atoms with Gasteiger partial charge >= 0.3 is 6.03 Å². The zero-order chi connectivity index (χ0) is 16.5. The highest BCUT2D eigenvalue weighted by atomic mass is 16.2. The fourth-order valence-electron chi connectivity index (χ4n) is 4.22. The van der Waals surface area contributed by atoms with Crippen LogP contribution in [0.15, 0.2) is 24.3 Å². The normalized spacial score (nSPS) is 24.2. The summed E-state index contributed by atoms with van der Waals surface area (Å²) < 4.78 is 0. The van der Waals surface area contributed by atoms with Crippen molar-refractivity contribution in [3.63, 3.8) is 0 Å². The molecule has 0 bridgehead atoms. The van der Waals surface area contributed by atoms with Gasteiger partial charge in [-0.3, -0.25) is 9.69 Å². The number of carbonyl (C=O) groups is 2. The van der Waals surface area contributed by atoms with Gasteiger partial charge in [-0.2, -0.15) is 0 Å². The first kappa shape index (κ1) is 15.6. The average molecular weight is 327 g/mol. The Bertz CT molecular complexity index is 596. The molecule has 2 saturated heterocycles. The highest BCUT2D eigenvalue weighted by molar-refractivity contribution is 6.04. The van der Waals surface area contributed by atoms with Crippen molar-refractivity contribution in [3.8, 4) is 0 Å². The summed E-state index contributed by atoms with van der Waals surface area (Å²) in [6.07, 6.45) is 5.41. The van der Waals surface area contributed by atoms with E-state index in [2.05, 4.69) is 17.0 Å². The summed E-state index contributed by atoms with van der Waals surface area (Å²) in [4.78, 5) is 31.0. The van der Waals surface area contributed by atoms with Gasteiger partial charge in [-0.15, -0.1) is 0 Å². The molecule has 3 amide bonds. The van der Waals surface area contributed by atoms with Crippen molar-refractivity contribution >= 4 is 11.9 Å². The Morgan fingerprint density at radius 2 is 1.71 bits per heavy atom. The molecule has 0 saturated carbocycles. The first-order chi connectivity index (χ1) is 11.7. The van der Waals surface area contributed by atoms with Crippen LogP contribution < -0.4 is 0 Å². The van der Waals surface area contributed by atoms with Gasteiger partial charge in [0, 0.05) is 19.5 Å². The number of urea groups is 1. The predicted molar refractivity (Wildman–Crippen MR) is 91.5 cm³/mol. The van der Waals surface area contributed by atoms with Crippen molar-refractivity contribution in [3.05, 3.63) is 35.4 Å². The number of piperidine rings is 1. The van der Waals surface area contributed by atoms with Crippen LogP contribution in [0.1, 0.15) is 36.8 Å². The van der Waals surface area contributed by atoms with Crippen LogP contribution in [0, 0.1) is 0 Å². The molecule has 0 spiro atoms. The van der Waals surface area contributed by atoms with E-state index in [1.165, 1.54) is 35.3 Å². The average Bonchev–Trinajstić information content (AvgIpc) is 2.85. The van der Waals surface area contributed by atoms with Gasteiger partial charge in [0.1, 0.15) is 6.04 Å². The Morgan fingerprint density at radius 1 is 0.958 bits per heavy atom. The van der Waals surface area contributed by atoms with Gasteiger partial charge in [-0.05, 0) is 50.0 Å². The lowest BCUT2D eigenvalue weighted by molar-refractivity contribution is -0.128. The van der Waals surface area contributed by atoms with Crippen LogP contribution in [0.2, 0.25) is 0 Å². The van der Waals surface area contributed by atoms with E-state index < -0.39 is 0 Å². The minimum absolute atomic E-state index is 0.00635. The lowest BCUT2D eigenvalue weighted by Gasteiger charge is -2.28. The van der Waals surface area contributed by atoms with Crippen molar-refractivity contribution in [2.24, 2.45) is 0 Å². The number of nitrogens with zero attached hydrogens (tertiary/aromatic N) is 3. The molecule has 5 nitrogen and oxygen atoms in total. The number of hydrogen-bond acceptors (Lipinski definition) is 3. The fourth-order valence-corrected chi connectivity index (χ4v) is 4.22. The number of imide groups is 1. The largest absolute Gasteiger partial charge is 0.327 e. The van der Waals surface area contributed by atoms with Crippen LogP contribution in [0.3, 0.4) is 0 Å². The minimum atomic E-state index is -0.289. The van der Waals surface area contributed by atoms with Gasteiger partial charge in [0.2, 0.25) is 0 Å². The molecular weight excluding hydrogens is 302 g/mol. The van der Waals surface area contributed by atoms with Gasteiger partial charge in [0.25, 0.3) is 5.91 Å². The molecule has 1 atom stereocenters. The number of benzene rings is 1. The van der Waals surface area contributed by atoms with E-state index in [1.54, 1.807) is 4.90 Å². The molecule has 2 fully saturated rings. The van der Waals surface area contributed by atoms with Crippen LogP contribution in [0.4, 0.5) is 4.79 Å². The summed E-state index contributed by atoms with van der Waals surface area (Å²) in [7, 11) is 0. The summed E-state index contributed by atoms with van der Waals surface area (Å²) in [6.45, 7) is 4.42. The Balaban J connectivity index is 1.38. The van der Waals surface area contributed by atoms with Crippen LogP contribution in [-0.4, -0.2) is 58.9 Å². The highest BCUT2D eigenvalue weighted by Crippen LogP contribution is 2.30. The van der Waals surface area contributed by atoms with Crippen molar-refractivity contribution in [1.29, 1.82) is 0 Å². The number of carbonyl (C=O) groups excluding carboxylic acids is 2. The SMILES string of the molecule is O=C1[C@@H]2Cc3ccccc3CN2C(=O)N1CCCN1CCCCC1. The number of fused-ring (bicyclic) bond motifs is 2. The fraction of sp³-hybridized carbons (Fsp3) is 0.579. The number of likely N-dealkylation sites (tertiary alicyclic amines) is 1. The van der Waals surface area contributed by atoms with E-state index >= 15 is 0 Å². The number of amides is 3. The van der Waals surface area contributed by atoms with Gasteiger partial charge < -0.3 is 9.80 Å². The molecule has 3 aliphatic heterocycles. The van der Waals surface area contributed by atoms with Crippen molar-refractivity contribution < 1.29 is 9.59 Å². The van der Waals surface area contributed by atoms with Gasteiger partial charge in [-0.25, -0.2) is 4.79 Å². The Morgan fingerprint density at radius 3 is 2.50 bits per heavy atom. The predicted octanol–water partition coefficient (Wildman–Crippen LogP) is 2.25. The molecule has 3 aliphatic rings. The molecule has 5 heteroatoms. The smallest absolute Gasteiger partial charge is 0.308 e. The van der Waals surface area contributed by atoms with Crippen LogP contribution in [0.25, 0.3) is 0 Å². The van der Waals surface area contributed by atoms with Gasteiger partial charge in [0.15, 0.2) is 0 Å². The zero-order valence-electron chi connectivity index (χ0n) is 14.1. The minimum Gasteiger partial charge on any atom is -0.308 e. The Hall–Kier alpha value is -1.88. The lowest BCUT2D eigenvalue weighted by atomic mass is 9.95. The number of rotatable bonds is 4. The molecule has 1 aromatic carbocycles. The topological polar surface area (TPSA) is 43.9 Å². The second-order valence-electron chi connectivity index (χ2n) is 7.14. The van der Waals surface area contributed by atoms with E-state index in [4.69, 9.17) is 0 Å². The second-order valence-corrected chi connectivity index (χ2v) is 7.14. The molecule has 1 aromatic rings. The van der Waals surface area contributed by atoms with E-state index in [0.29, 0.717) is 19.5 Å². The summed E-state index contributed by atoms with van der Waals surface area (Å²) in [5.74, 6) is -0.00635. The molecule has 0 radical (unpaired) electrons. The maximum absolute atomic E-state index is 12.7. The van der Waals surface area contributed by atoms with Gasteiger partial charge in [-0.1, -0.05) is 30.7 Å². The molecule has 4 rings (SSSR count). The molecular formula is C19H25N3O2. The second kappa shape index (κ2) is 6.55. The molecule has 128 valence electrons. The standard InChI is InChI=1S/C19H25N3O2/c23-18-17-13-15-7-2-3-8-16(15)14-22(17)19(24)21(18)12-6-11-20-9-4-1-5-10-20/h2-3,7-8,17H,1,4-6,9-14H2/t17-/m0/s1. The van der Waals surface area contributed by atoms with E-state index in [-0.39, 0.29) is 18.0 Å². The summed E-state index contributed by atoms with van der Waals surface area (Å²) in [6, 6.07) is 7.75. The maximum atomic E-state index is 12.7. The van der Waals surface area contributed by atoms with Crippen molar-refractivity contribution in [1.82, 2.24) is 14.7 Å². The first-order valence-electron chi connectivity index (χ1n) is 9.15.